The number of thioether (sulfide) groups is 1. The highest BCUT2D eigenvalue weighted by Gasteiger charge is 2.26. The van der Waals surface area contributed by atoms with Crippen molar-refractivity contribution in [2.75, 3.05) is 6.54 Å². The predicted molar refractivity (Wildman–Crippen MR) is 43.6 cm³/mol. The molecule has 0 aromatic carbocycles. The molecule has 56 valence electrons. The SMILES string of the molecule is CC(C)C1NCC(C#N)S1. The van der Waals surface area contributed by atoms with Gasteiger partial charge in [-0.25, -0.2) is 0 Å². The monoisotopic (exact) mass is 156 g/mol. The fraction of sp³-hybridized carbons (Fsp3) is 0.857. The van der Waals surface area contributed by atoms with E-state index in [-0.39, 0.29) is 5.25 Å². The van der Waals surface area contributed by atoms with Crippen LogP contribution in [0.1, 0.15) is 13.8 Å². The first kappa shape index (κ1) is 7.90. The molecule has 0 bridgehead atoms. The van der Waals surface area contributed by atoms with Crippen molar-refractivity contribution in [1.29, 1.82) is 5.26 Å². The average Bonchev–Trinajstić information content (AvgIpc) is 2.34. The van der Waals surface area contributed by atoms with Gasteiger partial charge in [-0.3, -0.25) is 0 Å². The van der Waals surface area contributed by atoms with Crippen LogP contribution >= 0.6 is 11.8 Å². The van der Waals surface area contributed by atoms with E-state index in [4.69, 9.17) is 5.26 Å². The Morgan fingerprint density at radius 1 is 1.70 bits per heavy atom. The molecule has 10 heavy (non-hydrogen) atoms. The van der Waals surface area contributed by atoms with Crippen LogP contribution in [0.5, 0.6) is 0 Å². The molecule has 1 aliphatic rings. The second-order valence-corrected chi connectivity index (χ2v) is 4.18. The van der Waals surface area contributed by atoms with E-state index in [9.17, 15) is 0 Å². The molecule has 1 aliphatic heterocycles. The van der Waals surface area contributed by atoms with Gasteiger partial charge in [-0.2, -0.15) is 5.26 Å². The number of nitriles is 1. The van der Waals surface area contributed by atoms with Gasteiger partial charge in [-0.05, 0) is 5.92 Å². The van der Waals surface area contributed by atoms with E-state index in [0.717, 1.165) is 6.54 Å². The number of nitrogens with one attached hydrogen (secondary N) is 1. The molecule has 1 heterocycles. The largest absolute Gasteiger partial charge is 0.303 e. The Hall–Kier alpha value is -0.200. The van der Waals surface area contributed by atoms with Crippen molar-refractivity contribution in [1.82, 2.24) is 5.32 Å². The van der Waals surface area contributed by atoms with Crippen molar-refractivity contribution in [3.05, 3.63) is 0 Å². The van der Waals surface area contributed by atoms with Crippen LogP contribution in [0.4, 0.5) is 0 Å². The first-order valence-corrected chi connectivity index (χ1v) is 4.47. The highest BCUT2D eigenvalue weighted by Crippen LogP contribution is 2.26. The lowest BCUT2D eigenvalue weighted by molar-refractivity contribution is 0.542. The third-order valence-corrected chi connectivity index (χ3v) is 3.17. The molecule has 2 unspecified atom stereocenters. The summed E-state index contributed by atoms with van der Waals surface area (Å²) in [5.41, 5.74) is 0. The maximum Gasteiger partial charge on any atom is 0.106 e. The maximum absolute atomic E-state index is 8.55. The first-order chi connectivity index (χ1) is 4.74. The van der Waals surface area contributed by atoms with Crippen molar-refractivity contribution in [3.8, 4) is 6.07 Å². The maximum atomic E-state index is 8.55. The lowest BCUT2D eigenvalue weighted by atomic mass is 10.2. The van der Waals surface area contributed by atoms with Gasteiger partial charge in [-0.15, -0.1) is 11.8 Å². The summed E-state index contributed by atoms with van der Waals surface area (Å²) in [7, 11) is 0. The van der Waals surface area contributed by atoms with Crippen LogP contribution in [0.25, 0.3) is 0 Å². The minimum absolute atomic E-state index is 0.174. The standard InChI is InChI=1S/C7H12N2S/c1-5(2)7-9-4-6(3-8)10-7/h5-7,9H,4H2,1-2H3. The normalized spacial score (nSPS) is 32.6. The minimum atomic E-state index is 0.174. The van der Waals surface area contributed by atoms with Gasteiger partial charge in [0.05, 0.1) is 11.4 Å². The second kappa shape index (κ2) is 3.27. The summed E-state index contributed by atoms with van der Waals surface area (Å²) in [6.45, 7) is 5.19. The highest BCUT2D eigenvalue weighted by atomic mass is 32.2. The number of nitrogens with zero attached hydrogens (tertiary/aromatic N) is 1. The summed E-state index contributed by atoms with van der Waals surface area (Å²) in [5.74, 6) is 0.628. The Morgan fingerprint density at radius 2 is 2.40 bits per heavy atom. The highest BCUT2D eigenvalue weighted by molar-refractivity contribution is 8.01. The number of hydrogen-bond acceptors (Lipinski definition) is 3. The molecule has 3 heteroatoms. The number of hydrogen-bond donors (Lipinski definition) is 1. The van der Waals surface area contributed by atoms with E-state index in [0.29, 0.717) is 11.3 Å². The van der Waals surface area contributed by atoms with Gasteiger partial charge in [0.25, 0.3) is 0 Å². The third kappa shape index (κ3) is 1.65. The van der Waals surface area contributed by atoms with Gasteiger partial charge < -0.3 is 5.32 Å². The molecule has 1 rings (SSSR count). The zero-order valence-electron chi connectivity index (χ0n) is 6.29. The molecular formula is C7H12N2S. The van der Waals surface area contributed by atoms with Crippen molar-refractivity contribution >= 4 is 11.8 Å². The van der Waals surface area contributed by atoms with Crippen molar-refractivity contribution < 1.29 is 0 Å². The Morgan fingerprint density at radius 3 is 2.70 bits per heavy atom. The minimum Gasteiger partial charge on any atom is -0.303 e. The van der Waals surface area contributed by atoms with E-state index in [1.54, 1.807) is 11.8 Å². The number of rotatable bonds is 1. The van der Waals surface area contributed by atoms with Crippen LogP contribution in [0.2, 0.25) is 0 Å². The molecule has 0 aromatic rings. The quantitative estimate of drug-likeness (QED) is 0.619. The molecule has 0 aromatic heterocycles. The van der Waals surface area contributed by atoms with Crippen LogP contribution in [-0.2, 0) is 0 Å². The smallest absolute Gasteiger partial charge is 0.106 e. The average molecular weight is 156 g/mol. The van der Waals surface area contributed by atoms with E-state index in [2.05, 4.69) is 25.2 Å². The summed E-state index contributed by atoms with van der Waals surface area (Å²) in [4.78, 5) is 0. The molecular weight excluding hydrogens is 144 g/mol. The zero-order valence-corrected chi connectivity index (χ0v) is 7.11. The van der Waals surface area contributed by atoms with Crippen molar-refractivity contribution in [3.63, 3.8) is 0 Å². The Labute approximate surface area is 66.0 Å². The summed E-state index contributed by atoms with van der Waals surface area (Å²) in [6, 6.07) is 2.25. The van der Waals surface area contributed by atoms with Crippen molar-refractivity contribution in [2.45, 2.75) is 24.5 Å². The first-order valence-electron chi connectivity index (χ1n) is 3.52. The van der Waals surface area contributed by atoms with Gasteiger partial charge in [0.1, 0.15) is 5.25 Å². The summed E-state index contributed by atoms with van der Waals surface area (Å²) in [5, 5.41) is 12.5. The van der Waals surface area contributed by atoms with Crippen molar-refractivity contribution in [2.24, 2.45) is 5.92 Å². The molecule has 0 aliphatic carbocycles. The zero-order chi connectivity index (χ0) is 7.56. The molecule has 2 atom stereocenters. The lowest BCUT2D eigenvalue weighted by Crippen LogP contribution is -2.24. The van der Waals surface area contributed by atoms with Gasteiger partial charge in [0.2, 0.25) is 0 Å². The molecule has 1 N–H and O–H groups in total. The topological polar surface area (TPSA) is 35.8 Å². The fourth-order valence-corrected chi connectivity index (χ4v) is 2.08. The molecule has 0 saturated carbocycles. The molecule has 0 spiro atoms. The lowest BCUT2D eigenvalue weighted by Gasteiger charge is -2.12. The van der Waals surface area contributed by atoms with Gasteiger partial charge in [-0.1, -0.05) is 13.8 Å². The summed E-state index contributed by atoms with van der Waals surface area (Å²) >= 11 is 1.75. The van der Waals surface area contributed by atoms with Gasteiger partial charge in [0, 0.05) is 6.54 Å². The molecule has 0 radical (unpaired) electrons. The summed E-state index contributed by atoms with van der Waals surface area (Å²) < 4.78 is 0. The van der Waals surface area contributed by atoms with Crippen LogP contribution in [0.15, 0.2) is 0 Å². The van der Waals surface area contributed by atoms with E-state index in [1.807, 2.05) is 0 Å². The predicted octanol–water partition coefficient (Wildman–Crippen LogP) is 1.20. The molecule has 1 saturated heterocycles. The van der Waals surface area contributed by atoms with Crippen LogP contribution in [-0.4, -0.2) is 17.2 Å². The summed E-state index contributed by atoms with van der Waals surface area (Å²) in [6.07, 6.45) is 0. The van der Waals surface area contributed by atoms with E-state index >= 15 is 0 Å². The molecule has 1 fully saturated rings. The van der Waals surface area contributed by atoms with Crippen LogP contribution < -0.4 is 5.32 Å². The van der Waals surface area contributed by atoms with E-state index in [1.165, 1.54) is 0 Å². The third-order valence-electron chi connectivity index (χ3n) is 1.56. The fourth-order valence-electron chi connectivity index (χ4n) is 0.965. The Bertz CT molecular complexity index is 150. The van der Waals surface area contributed by atoms with Crippen LogP contribution in [0.3, 0.4) is 0 Å². The second-order valence-electron chi connectivity index (χ2n) is 2.83. The molecule has 2 nitrogen and oxygen atoms in total. The molecule has 0 amide bonds. The Balaban J connectivity index is 2.37. The van der Waals surface area contributed by atoms with Gasteiger partial charge in [0.15, 0.2) is 0 Å². The van der Waals surface area contributed by atoms with Gasteiger partial charge >= 0.3 is 0 Å². The van der Waals surface area contributed by atoms with E-state index < -0.39 is 0 Å². The Kier molecular flexibility index (Phi) is 2.58. The van der Waals surface area contributed by atoms with Crippen LogP contribution in [0, 0.1) is 17.2 Å².